The molecule has 8 nitrogen and oxygen atoms in total. The fourth-order valence-corrected chi connectivity index (χ4v) is 1.85. The molecular formula is C14H11F2N3O5. The lowest BCUT2D eigenvalue weighted by molar-refractivity contribution is -0.384. The highest BCUT2D eigenvalue weighted by Gasteiger charge is 2.20. The second-order valence-corrected chi connectivity index (χ2v) is 4.67. The van der Waals surface area contributed by atoms with Gasteiger partial charge in [0.2, 0.25) is 0 Å². The van der Waals surface area contributed by atoms with Crippen LogP contribution in [0.3, 0.4) is 0 Å². The minimum Gasteiger partial charge on any atom is -0.451 e. The van der Waals surface area contributed by atoms with Crippen LogP contribution in [-0.4, -0.2) is 28.0 Å². The summed E-state index contributed by atoms with van der Waals surface area (Å²) in [6.45, 7) is -0.814. The van der Waals surface area contributed by atoms with Crippen LogP contribution in [0.15, 0.2) is 30.5 Å². The normalized spacial score (nSPS) is 10.3. The van der Waals surface area contributed by atoms with Crippen LogP contribution < -0.4 is 5.32 Å². The lowest BCUT2D eigenvalue weighted by Gasteiger charge is -2.08. The van der Waals surface area contributed by atoms with E-state index in [1.165, 1.54) is 7.05 Å². The third-order valence-corrected chi connectivity index (χ3v) is 2.97. The summed E-state index contributed by atoms with van der Waals surface area (Å²) in [7, 11) is 1.39. The van der Waals surface area contributed by atoms with Gasteiger partial charge in [0, 0.05) is 13.1 Å². The standard InChI is InChI=1S/C14H11F2N3O5/c1-18-6-8(19(22)23)5-11(18)14(21)24-7-12(20)17-13-9(15)3-2-4-10(13)16/h2-6H,7H2,1H3,(H,17,20). The zero-order chi connectivity index (χ0) is 17.9. The summed E-state index contributed by atoms with van der Waals surface area (Å²) in [5.74, 6) is -3.91. The minimum atomic E-state index is -0.991. The van der Waals surface area contributed by atoms with Crippen LogP contribution in [0, 0.1) is 21.7 Å². The van der Waals surface area contributed by atoms with E-state index >= 15 is 0 Å². The van der Waals surface area contributed by atoms with Crippen LogP contribution in [0.5, 0.6) is 0 Å². The Balaban J connectivity index is 1.99. The molecule has 1 amide bonds. The molecule has 0 radical (unpaired) electrons. The van der Waals surface area contributed by atoms with Crippen LogP contribution in [0.2, 0.25) is 0 Å². The Bertz CT molecular complexity index is 798. The molecule has 126 valence electrons. The van der Waals surface area contributed by atoms with Crippen molar-refractivity contribution in [1.82, 2.24) is 4.57 Å². The van der Waals surface area contributed by atoms with Crippen molar-refractivity contribution in [1.29, 1.82) is 0 Å². The Morgan fingerprint density at radius 1 is 1.33 bits per heavy atom. The van der Waals surface area contributed by atoms with E-state index < -0.39 is 40.7 Å². The van der Waals surface area contributed by atoms with Gasteiger partial charge in [-0.1, -0.05) is 6.07 Å². The first-order chi connectivity index (χ1) is 11.3. The lowest BCUT2D eigenvalue weighted by atomic mass is 10.3. The maximum Gasteiger partial charge on any atom is 0.355 e. The Kier molecular flexibility index (Phi) is 4.87. The molecule has 0 unspecified atom stereocenters. The molecule has 0 aliphatic rings. The summed E-state index contributed by atoms with van der Waals surface area (Å²) in [4.78, 5) is 33.3. The van der Waals surface area contributed by atoms with Crippen LogP contribution in [0.1, 0.15) is 10.5 Å². The van der Waals surface area contributed by atoms with Crippen molar-refractivity contribution < 1.29 is 28.0 Å². The lowest BCUT2D eigenvalue weighted by Crippen LogP contribution is -2.22. The first-order valence-corrected chi connectivity index (χ1v) is 6.51. The number of nitrogens with one attached hydrogen (secondary N) is 1. The molecule has 0 aliphatic heterocycles. The van der Waals surface area contributed by atoms with E-state index in [0.29, 0.717) is 0 Å². The van der Waals surface area contributed by atoms with Crippen LogP contribution in [0.4, 0.5) is 20.2 Å². The number of rotatable bonds is 5. The van der Waals surface area contributed by atoms with E-state index in [9.17, 15) is 28.5 Å². The number of para-hydroxylation sites is 1. The van der Waals surface area contributed by atoms with E-state index in [2.05, 4.69) is 4.74 Å². The summed E-state index contributed by atoms with van der Waals surface area (Å²) in [5.41, 5.74) is -1.12. The molecule has 1 aromatic heterocycles. The zero-order valence-electron chi connectivity index (χ0n) is 12.3. The number of amides is 1. The van der Waals surface area contributed by atoms with Gasteiger partial charge < -0.3 is 14.6 Å². The van der Waals surface area contributed by atoms with E-state index in [1.54, 1.807) is 0 Å². The number of aromatic nitrogens is 1. The molecule has 24 heavy (non-hydrogen) atoms. The van der Waals surface area contributed by atoms with Gasteiger partial charge in [0.1, 0.15) is 23.0 Å². The Morgan fingerprint density at radius 3 is 2.50 bits per heavy atom. The van der Waals surface area contributed by atoms with Crippen molar-refractivity contribution in [2.45, 2.75) is 0 Å². The Hall–Kier alpha value is -3.30. The number of nitrogens with zero attached hydrogens (tertiary/aromatic N) is 2. The molecule has 1 N–H and O–H groups in total. The average molecular weight is 339 g/mol. The van der Waals surface area contributed by atoms with E-state index in [4.69, 9.17) is 0 Å². The summed E-state index contributed by atoms with van der Waals surface area (Å²) in [5, 5.41) is 12.6. The molecule has 0 saturated carbocycles. The molecule has 0 aliphatic carbocycles. The van der Waals surface area contributed by atoms with Crippen LogP contribution in [-0.2, 0) is 16.6 Å². The highest BCUT2D eigenvalue weighted by atomic mass is 19.1. The van der Waals surface area contributed by atoms with Gasteiger partial charge in [-0.15, -0.1) is 0 Å². The molecule has 1 heterocycles. The number of ether oxygens (including phenoxy) is 1. The number of hydrogen-bond donors (Lipinski definition) is 1. The van der Waals surface area contributed by atoms with E-state index in [-0.39, 0.29) is 11.4 Å². The van der Waals surface area contributed by atoms with E-state index in [1.807, 2.05) is 5.32 Å². The van der Waals surface area contributed by atoms with E-state index in [0.717, 1.165) is 35.0 Å². The number of hydrogen-bond acceptors (Lipinski definition) is 5. The van der Waals surface area contributed by atoms with Crippen molar-refractivity contribution in [2.24, 2.45) is 7.05 Å². The fourth-order valence-electron chi connectivity index (χ4n) is 1.85. The topological polar surface area (TPSA) is 103 Å². The van der Waals surface area contributed by atoms with Crippen molar-refractivity contribution >= 4 is 23.3 Å². The molecule has 0 bridgehead atoms. The number of nitro groups is 1. The molecule has 0 saturated heterocycles. The highest BCUT2D eigenvalue weighted by molar-refractivity contribution is 5.95. The first kappa shape index (κ1) is 17.1. The van der Waals surface area contributed by atoms with Gasteiger partial charge in [0.15, 0.2) is 6.61 Å². The smallest absolute Gasteiger partial charge is 0.355 e. The maximum absolute atomic E-state index is 13.4. The quantitative estimate of drug-likeness (QED) is 0.510. The molecule has 1 aromatic carbocycles. The predicted molar refractivity (Wildman–Crippen MR) is 77.3 cm³/mol. The monoisotopic (exact) mass is 339 g/mol. The minimum absolute atomic E-state index is 0.147. The zero-order valence-corrected chi connectivity index (χ0v) is 12.3. The van der Waals surface area contributed by atoms with Gasteiger partial charge in [-0.25, -0.2) is 13.6 Å². The van der Waals surface area contributed by atoms with Gasteiger partial charge in [-0.3, -0.25) is 14.9 Å². The van der Waals surface area contributed by atoms with Crippen LogP contribution in [0.25, 0.3) is 0 Å². The van der Waals surface area contributed by atoms with Crippen molar-refractivity contribution in [3.63, 3.8) is 0 Å². The predicted octanol–water partition coefficient (Wildman–Crippen LogP) is 2.01. The van der Waals surface area contributed by atoms with Gasteiger partial charge in [-0.2, -0.15) is 0 Å². The summed E-state index contributed by atoms with van der Waals surface area (Å²) < 4.78 is 32.6. The van der Waals surface area contributed by atoms with Crippen molar-refractivity contribution in [3.8, 4) is 0 Å². The highest BCUT2D eigenvalue weighted by Crippen LogP contribution is 2.18. The number of anilines is 1. The number of benzene rings is 1. The summed E-state index contributed by atoms with van der Waals surface area (Å²) >= 11 is 0. The van der Waals surface area contributed by atoms with Gasteiger partial charge in [0.25, 0.3) is 11.6 Å². The third-order valence-electron chi connectivity index (χ3n) is 2.97. The SMILES string of the molecule is Cn1cc([N+](=O)[O-])cc1C(=O)OCC(=O)Nc1c(F)cccc1F. The molecule has 0 atom stereocenters. The average Bonchev–Trinajstić information content (AvgIpc) is 2.91. The number of aryl methyl sites for hydroxylation is 1. The first-order valence-electron chi connectivity index (χ1n) is 6.51. The molecule has 0 fully saturated rings. The number of carbonyl (C=O) groups excluding carboxylic acids is 2. The molecule has 2 aromatic rings. The summed E-state index contributed by atoms with van der Waals surface area (Å²) in [6, 6.07) is 4.01. The number of esters is 1. The van der Waals surface area contributed by atoms with Gasteiger partial charge in [-0.05, 0) is 12.1 Å². The van der Waals surface area contributed by atoms with Gasteiger partial charge >= 0.3 is 5.97 Å². The van der Waals surface area contributed by atoms with Gasteiger partial charge in [0.05, 0.1) is 11.1 Å². The second-order valence-electron chi connectivity index (χ2n) is 4.67. The molecule has 0 spiro atoms. The molecular weight excluding hydrogens is 328 g/mol. The molecule has 10 heteroatoms. The van der Waals surface area contributed by atoms with Crippen molar-refractivity contribution in [2.75, 3.05) is 11.9 Å². The Morgan fingerprint density at radius 2 is 1.96 bits per heavy atom. The summed E-state index contributed by atoms with van der Waals surface area (Å²) in [6.07, 6.45) is 1.10. The van der Waals surface area contributed by atoms with Crippen LogP contribution >= 0.6 is 0 Å². The maximum atomic E-state index is 13.4. The van der Waals surface area contributed by atoms with Crippen molar-refractivity contribution in [3.05, 3.63) is 57.9 Å². The largest absolute Gasteiger partial charge is 0.451 e. The number of carbonyl (C=O) groups is 2. The number of halogens is 2. The molecule has 2 rings (SSSR count). The second kappa shape index (κ2) is 6.86. The Labute approximate surface area is 133 Å². The fraction of sp³-hybridized carbons (Fsp3) is 0.143. The third kappa shape index (κ3) is 3.72.